The van der Waals surface area contributed by atoms with Gasteiger partial charge in [-0.3, -0.25) is 0 Å². The van der Waals surface area contributed by atoms with E-state index in [9.17, 15) is 0 Å². The molecular formula is C40H30BN3. The van der Waals surface area contributed by atoms with E-state index in [-0.39, 0.29) is 6.71 Å². The predicted octanol–water partition coefficient (Wildman–Crippen LogP) is 8.14. The van der Waals surface area contributed by atoms with Gasteiger partial charge < -0.3 is 14.7 Å². The smallest absolute Gasteiger partial charge is 0.253 e. The monoisotopic (exact) mass is 563 g/mol. The van der Waals surface area contributed by atoms with E-state index < -0.39 is 0 Å². The maximum Gasteiger partial charge on any atom is 0.253 e. The number of nitrogens with zero attached hydrogens (tertiary/aromatic N) is 3. The Kier molecular flexibility index (Phi) is 5.42. The Hall–Kier alpha value is -5.48. The molecule has 0 aliphatic carbocycles. The first-order valence-corrected chi connectivity index (χ1v) is 15.3. The second-order valence-electron chi connectivity index (χ2n) is 11.9. The molecule has 208 valence electrons. The minimum atomic E-state index is 0.102. The summed E-state index contributed by atoms with van der Waals surface area (Å²) in [6, 6.07) is 53.1. The number of fused-ring (bicyclic) bond motifs is 8. The molecule has 3 nitrogen and oxygen atoms in total. The first-order valence-electron chi connectivity index (χ1n) is 15.3. The van der Waals surface area contributed by atoms with Crippen LogP contribution in [0.3, 0.4) is 0 Å². The maximum absolute atomic E-state index is 2.42. The summed E-state index contributed by atoms with van der Waals surface area (Å²) < 4.78 is 0. The highest BCUT2D eigenvalue weighted by molar-refractivity contribution is 7.02. The molecule has 0 aromatic heterocycles. The normalized spacial score (nSPS) is 13.1. The summed E-state index contributed by atoms with van der Waals surface area (Å²) in [4.78, 5) is 7.21. The summed E-state index contributed by atoms with van der Waals surface area (Å²) in [5.41, 5.74) is 12.6. The van der Waals surface area contributed by atoms with Crippen molar-refractivity contribution in [3.05, 3.63) is 146 Å². The molecule has 0 unspecified atom stereocenters. The molecule has 2 heterocycles. The van der Waals surface area contributed by atoms with Crippen molar-refractivity contribution in [2.75, 3.05) is 28.8 Å². The zero-order valence-corrected chi connectivity index (χ0v) is 24.8. The molecule has 0 saturated carbocycles. The molecule has 0 bridgehead atoms. The molecule has 9 rings (SSSR count). The lowest BCUT2D eigenvalue weighted by Gasteiger charge is -2.43. The lowest BCUT2D eigenvalue weighted by molar-refractivity contribution is 1.17. The predicted molar refractivity (Wildman–Crippen MR) is 190 cm³/mol. The van der Waals surface area contributed by atoms with Crippen molar-refractivity contribution in [1.82, 2.24) is 0 Å². The van der Waals surface area contributed by atoms with Crippen LogP contribution >= 0.6 is 0 Å². The van der Waals surface area contributed by atoms with Crippen molar-refractivity contribution < 1.29 is 0 Å². The summed E-state index contributed by atoms with van der Waals surface area (Å²) in [7, 11) is 4.47. The van der Waals surface area contributed by atoms with E-state index in [0.29, 0.717) is 0 Å². The number of benzene rings is 7. The zero-order chi connectivity index (χ0) is 29.4. The van der Waals surface area contributed by atoms with E-state index in [4.69, 9.17) is 0 Å². The molecular weight excluding hydrogens is 533 g/mol. The van der Waals surface area contributed by atoms with Gasteiger partial charge in [-0.15, -0.1) is 0 Å². The molecule has 0 fully saturated rings. The quantitative estimate of drug-likeness (QED) is 0.201. The Bertz CT molecular complexity index is 2070. The third-order valence-corrected chi connectivity index (χ3v) is 9.61. The lowest BCUT2D eigenvalue weighted by Crippen LogP contribution is -2.62. The van der Waals surface area contributed by atoms with E-state index in [2.05, 4.69) is 174 Å². The number of anilines is 7. The van der Waals surface area contributed by atoms with Gasteiger partial charge >= 0.3 is 0 Å². The zero-order valence-electron chi connectivity index (χ0n) is 24.8. The van der Waals surface area contributed by atoms with Gasteiger partial charge in [0.05, 0.1) is 5.69 Å². The molecule has 0 atom stereocenters. The topological polar surface area (TPSA) is 9.72 Å². The SMILES string of the molecule is CN1c2cc(N(c3ccccc3)c3ccccc3)cc3c2B(c2c1ccc1ccccc21)c1c(ccc2ccccc12)N3C. The van der Waals surface area contributed by atoms with Gasteiger partial charge in [-0.25, -0.2) is 0 Å². The van der Waals surface area contributed by atoms with Crippen LogP contribution in [0.25, 0.3) is 21.5 Å². The second-order valence-corrected chi connectivity index (χ2v) is 11.9. The Morgan fingerprint density at radius 2 is 0.841 bits per heavy atom. The van der Waals surface area contributed by atoms with Gasteiger partial charge in [-0.05, 0) is 86.5 Å². The van der Waals surface area contributed by atoms with Crippen LogP contribution in [-0.4, -0.2) is 20.8 Å². The number of hydrogen-bond donors (Lipinski definition) is 0. The van der Waals surface area contributed by atoms with Crippen molar-refractivity contribution in [2.45, 2.75) is 0 Å². The van der Waals surface area contributed by atoms with Gasteiger partial charge in [0.25, 0.3) is 6.71 Å². The van der Waals surface area contributed by atoms with Crippen molar-refractivity contribution >= 4 is 84.5 Å². The second kappa shape index (κ2) is 9.52. The summed E-state index contributed by atoms with van der Waals surface area (Å²) in [6.07, 6.45) is 0. The van der Waals surface area contributed by atoms with Crippen LogP contribution in [0.1, 0.15) is 0 Å². The first-order chi connectivity index (χ1) is 21.7. The molecule has 7 aromatic carbocycles. The average Bonchev–Trinajstić information content (AvgIpc) is 3.08. The standard InChI is InChI=1S/C40H30BN3/c1-42-34-23-21-27-13-9-11-19-32(27)38(34)41-39-33-20-12-10-14-28(33)22-24-35(39)43(2)37-26-31(25-36(42)40(37)41)44(29-15-5-3-6-16-29)30-17-7-4-8-18-30/h3-26H,1-2H3. The minimum absolute atomic E-state index is 0.102. The van der Waals surface area contributed by atoms with Crippen LogP contribution < -0.4 is 31.1 Å². The van der Waals surface area contributed by atoms with Gasteiger partial charge in [0, 0.05) is 48.2 Å². The maximum atomic E-state index is 2.42. The summed E-state index contributed by atoms with van der Waals surface area (Å²) in [5, 5.41) is 5.20. The molecule has 0 saturated heterocycles. The Balaban J connectivity index is 1.39. The molecule has 2 aliphatic rings. The molecule has 44 heavy (non-hydrogen) atoms. The molecule has 7 aromatic rings. The molecule has 0 spiro atoms. The fraction of sp³-hybridized carbons (Fsp3) is 0.0500. The van der Waals surface area contributed by atoms with E-state index in [0.717, 1.165) is 17.1 Å². The van der Waals surface area contributed by atoms with Crippen LogP contribution in [-0.2, 0) is 0 Å². The van der Waals surface area contributed by atoms with Crippen LogP contribution in [0, 0.1) is 0 Å². The molecule has 0 N–H and O–H groups in total. The largest absolute Gasteiger partial charge is 0.345 e. The summed E-state index contributed by atoms with van der Waals surface area (Å²) >= 11 is 0. The van der Waals surface area contributed by atoms with Gasteiger partial charge in [0.2, 0.25) is 0 Å². The van der Waals surface area contributed by atoms with E-state index >= 15 is 0 Å². The van der Waals surface area contributed by atoms with Gasteiger partial charge in [0.15, 0.2) is 0 Å². The Labute approximate surface area is 258 Å². The molecule has 0 amide bonds. The van der Waals surface area contributed by atoms with E-state index in [1.807, 2.05) is 0 Å². The number of para-hydroxylation sites is 2. The van der Waals surface area contributed by atoms with Crippen molar-refractivity contribution in [1.29, 1.82) is 0 Å². The third-order valence-electron chi connectivity index (χ3n) is 9.61. The van der Waals surface area contributed by atoms with Crippen LogP contribution in [0.2, 0.25) is 0 Å². The number of rotatable bonds is 3. The van der Waals surface area contributed by atoms with Crippen LogP contribution in [0.4, 0.5) is 39.8 Å². The first kappa shape index (κ1) is 25.1. The molecule has 0 radical (unpaired) electrons. The molecule has 4 heteroatoms. The summed E-state index contributed by atoms with van der Waals surface area (Å²) in [5.74, 6) is 0. The van der Waals surface area contributed by atoms with Crippen molar-refractivity contribution in [3.8, 4) is 0 Å². The Morgan fingerprint density at radius 3 is 1.32 bits per heavy atom. The van der Waals surface area contributed by atoms with Gasteiger partial charge in [-0.2, -0.15) is 0 Å². The highest BCUT2D eigenvalue weighted by atomic mass is 15.2. The fourth-order valence-electron chi connectivity index (χ4n) is 7.64. The lowest BCUT2D eigenvalue weighted by atomic mass is 9.32. The fourth-order valence-corrected chi connectivity index (χ4v) is 7.64. The van der Waals surface area contributed by atoms with Crippen molar-refractivity contribution in [3.63, 3.8) is 0 Å². The highest BCUT2D eigenvalue weighted by Gasteiger charge is 2.43. The van der Waals surface area contributed by atoms with Gasteiger partial charge in [0.1, 0.15) is 0 Å². The summed E-state index contributed by atoms with van der Waals surface area (Å²) in [6.45, 7) is 0.102. The minimum Gasteiger partial charge on any atom is -0.345 e. The van der Waals surface area contributed by atoms with Crippen LogP contribution in [0.5, 0.6) is 0 Å². The van der Waals surface area contributed by atoms with E-state index in [1.54, 1.807) is 0 Å². The number of hydrogen-bond acceptors (Lipinski definition) is 3. The average molecular weight is 564 g/mol. The Morgan fingerprint density at radius 1 is 0.409 bits per heavy atom. The van der Waals surface area contributed by atoms with Crippen LogP contribution in [0.15, 0.2) is 146 Å². The third kappa shape index (κ3) is 3.51. The van der Waals surface area contributed by atoms with Crippen molar-refractivity contribution in [2.24, 2.45) is 0 Å². The molecule has 2 aliphatic heterocycles. The van der Waals surface area contributed by atoms with E-state index in [1.165, 1.54) is 60.7 Å². The highest BCUT2D eigenvalue weighted by Crippen LogP contribution is 2.44. The van der Waals surface area contributed by atoms with Gasteiger partial charge in [-0.1, -0.05) is 97.1 Å².